The Morgan fingerprint density at radius 3 is 2.11 bits per heavy atom. The predicted octanol–water partition coefficient (Wildman–Crippen LogP) is 0.735. The number of allylic oxidation sites excluding steroid dienone is 1. The summed E-state index contributed by atoms with van der Waals surface area (Å²) < 4.78 is 0. The van der Waals surface area contributed by atoms with E-state index >= 15 is 0 Å². The molecule has 0 rings (SSSR count). The van der Waals surface area contributed by atoms with E-state index in [-0.39, 0.29) is 0 Å². The van der Waals surface area contributed by atoms with Crippen molar-refractivity contribution in [2.75, 3.05) is 7.05 Å². The smallest absolute Gasteiger partial charge is 0.0327 e. The van der Waals surface area contributed by atoms with Crippen molar-refractivity contribution < 1.29 is 0 Å². The standard InChI is InChI=1S/C6H13N3/c1-5(6(2)7)4-9(3)8/h4,7H,8H2,1-3H3. The molecule has 52 valence electrons. The lowest BCUT2D eigenvalue weighted by molar-refractivity contribution is 0.482. The highest BCUT2D eigenvalue weighted by molar-refractivity contribution is 5.94. The maximum atomic E-state index is 7.14. The summed E-state index contributed by atoms with van der Waals surface area (Å²) in [7, 11) is 1.73. The van der Waals surface area contributed by atoms with Gasteiger partial charge in [-0.05, 0) is 19.4 Å². The highest BCUT2D eigenvalue weighted by atomic mass is 15.4. The van der Waals surface area contributed by atoms with E-state index in [9.17, 15) is 0 Å². The third-order valence-electron chi connectivity index (χ3n) is 0.989. The molecule has 0 atom stereocenters. The zero-order chi connectivity index (χ0) is 7.44. The van der Waals surface area contributed by atoms with Gasteiger partial charge >= 0.3 is 0 Å². The van der Waals surface area contributed by atoms with Gasteiger partial charge < -0.3 is 10.4 Å². The Labute approximate surface area is 55.6 Å². The topological polar surface area (TPSA) is 53.1 Å². The molecule has 0 bridgehead atoms. The van der Waals surface area contributed by atoms with E-state index in [1.807, 2.05) is 6.92 Å². The van der Waals surface area contributed by atoms with E-state index in [0.717, 1.165) is 5.57 Å². The van der Waals surface area contributed by atoms with Crippen LogP contribution in [0.3, 0.4) is 0 Å². The van der Waals surface area contributed by atoms with E-state index in [1.165, 1.54) is 5.01 Å². The molecule has 0 aliphatic carbocycles. The van der Waals surface area contributed by atoms with Gasteiger partial charge in [0.1, 0.15) is 0 Å². The highest BCUT2D eigenvalue weighted by Gasteiger charge is 1.89. The van der Waals surface area contributed by atoms with E-state index in [2.05, 4.69) is 0 Å². The summed E-state index contributed by atoms with van der Waals surface area (Å²) in [4.78, 5) is 0. The summed E-state index contributed by atoms with van der Waals surface area (Å²) in [5.41, 5.74) is 1.44. The van der Waals surface area contributed by atoms with Crippen LogP contribution in [0.15, 0.2) is 11.8 Å². The Morgan fingerprint density at radius 1 is 1.56 bits per heavy atom. The first kappa shape index (κ1) is 8.17. The molecule has 3 heteroatoms. The van der Waals surface area contributed by atoms with Gasteiger partial charge in [0.2, 0.25) is 0 Å². The molecule has 0 aromatic carbocycles. The van der Waals surface area contributed by atoms with E-state index in [0.29, 0.717) is 5.71 Å². The van der Waals surface area contributed by atoms with E-state index < -0.39 is 0 Å². The Balaban J connectivity index is 4.00. The van der Waals surface area contributed by atoms with Gasteiger partial charge in [0, 0.05) is 19.0 Å². The van der Waals surface area contributed by atoms with Crippen LogP contribution in [0.2, 0.25) is 0 Å². The molecule has 0 fully saturated rings. The molecule has 0 radical (unpaired) electrons. The van der Waals surface area contributed by atoms with Crippen LogP contribution in [0.4, 0.5) is 0 Å². The molecule has 0 saturated carbocycles. The first-order chi connectivity index (χ1) is 4.04. The molecule has 0 unspecified atom stereocenters. The summed E-state index contributed by atoms with van der Waals surface area (Å²) in [5, 5.41) is 8.58. The fourth-order valence-corrected chi connectivity index (χ4v) is 0.402. The maximum absolute atomic E-state index is 7.14. The van der Waals surface area contributed by atoms with Crippen LogP contribution in [-0.4, -0.2) is 17.8 Å². The average molecular weight is 127 g/mol. The molecule has 0 amide bonds. The second kappa shape index (κ2) is 3.25. The molecule has 3 nitrogen and oxygen atoms in total. The van der Waals surface area contributed by atoms with Crippen molar-refractivity contribution >= 4 is 5.71 Å². The summed E-state index contributed by atoms with van der Waals surface area (Å²) >= 11 is 0. The Bertz CT molecular complexity index is 135. The van der Waals surface area contributed by atoms with E-state index in [1.54, 1.807) is 20.2 Å². The predicted molar refractivity (Wildman–Crippen MR) is 39.1 cm³/mol. The first-order valence-electron chi connectivity index (χ1n) is 2.75. The quantitative estimate of drug-likeness (QED) is 0.326. The number of hydrogen-bond acceptors (Lipinski definition) is 3. The fraction of sp³-hybridized carbons (Fsp3) is 0.500. The van der Waals surface area contributed by atoms with E-state index in [4.69, 9.17) is 11.3 Å². The second-order valence-electron chi connectivity index (χ2n) is 2.10. The molecule has 9 heavy (non-hydrogen) atoms. The van der Waals surface area contributed by atoms with Crippen LogP contribution in [-0.2, 0) is 0 Å². The van der Waals surface area contributed by atoms with Crippen molar-refractivity contribution in [3.63, 3.8) is 0 Å². The average Bonchev–Trinajstić information content (AvgIpc) is 1.63. The Kier molecular flexibility index (Phi) is 2.95. The van der Waals surface area contributed by atoms with Crippen LogP contribution in [0.25, 0.3) is 0 Å². The molecule has 0 aliphatic heterocycles. The number of rotatable bonds is 2. The number of nitrogens with one attached hydrogen (secondary N) is 1. The highest BCUT2D eigenvalue weighted by Crippen LogP contribution is 1.92. The van der Waals surface area contributed by atoms with Gasteiger partial charge in [-0.1, -0.05) is 0 Å². The molecule has 3 N–H and O–H groups in total. The minimum atomic E-state index is 0.548. The molecule has 0 heterocycles. The third-order valence-corrected chi connectivity index (χ3v) is 0.989. The van der Waals surface area contributed by atoms with Gasteiger partial charge in [-0.2, -0.15) is 0 Å². The van der Waals surface area contributed by atoms with Crippen molar-refractivity contribution in [3.05, 3.63) is 11.8 Å². The first-order valence-corrected chi connectivity index (χ1v) is 2.75. The van der Waals surface area contributed by atoms with Crippen LogP contribution < -0.4 is 5.84 Å². The van der Waals surface area contributed by atoms with Crippen molar-refractivity contribution in [2.45, 2.75) is 13.8 Å². The monoisotopic (exact) mass is 127 g/mol. The largest absolute Gasteiger partial charge is 0.321 e. The lowest BCUT2D eigenvalue weighted by Crippen LogP contribution is -2.19. The summed E-state index contributed by atoms with van der Waals surface area (Å²) in [6, 6.07) is 0. The molecule has 0 aliphatic rings. The van der Waals surface area contributed by atoms with Crippen LogP contribution in [0.1, 0.15) is 13.8 Å². The molecular formula is C6H13N3. The summed E-state index contributed by atoms with van der Waals surface area (Å²) in [6.45, 7) is 3.58. The van der Waals surface area contributed by atoms with Gasteiger partial charge in [0.05, 0.1) is 0 Å². The van der Waals surface area contributed by atoms with Crippen molar-refractivity contribution in [3.8, 4) is 0 Å². The molecule has 0 aromatic rings. The van der Waals surface area contributed by atoms with Crippen molar-refractivity contribution in [2.24, 2.45) is 5.84 Å². The molecular weight excluding hydrogens is 114 g/mol. The van der Waals surface area contributed by atoms with Gasteiger partial charge in [0.15, 0.2) is 0 Å². The lowest BCUT2D eigenvalue weighted by Gasteiger charge is -2.05. The number of nitrogens with two attached hydrogens (primary N) is 1. The van der Waals surface area contributed by atoms with Gasteiger partial charge in [0.25, 0.3) is 0 Å². The molecule has 0 saturated heterocycles. The summed E-state index contributed by atoms with van der Waals surface area (Å²) in [5.74, 6) is 5.29. The Hall–Kier alpha value is -0.830. The minimum Gasteiger partial charge on any atom is -0.321 e. The molecule has 0 aromatic heterocycles. The zero-order valence-corrected chi connectivity index (χ0v) is 6.10. The fourth-order valence-electron chi connectivity index (χ4n) is 0.402. The van der Waals surface area contributed by atoms with Gasteiger partial charge in [-0.15, -0.1) is 0 Å². The number of hydrogen-bond donors (Lipinski definition) is 2. The molecule has 0 spiro atoms. The van der Waals surface area contributed by atoms with Crippen molar-refractivity contribution in [1.29, 1.82) is 5.41 Å². The zero-order valence-electron chi connectivity index (χ0n) is 6.10. The van der Waals surface area contributed by atoms with Crippen molar-refractivity contribution in [1.82, 2.24) is 5.01 Å². The number of nitrogens with zero attached hydrogens (tertiary/aromatic N) is 1. The third kappa shape index (κ3) is 3.73. The second-order valence-corrected chi connectivity index (χ2v) is 2.10. The van der Waals surface area contributed by atoms with Crippen LogP contribution >= 0.6 is 0 Å². The van der Waals surface area contributed by atoms with Gasteiger partial charge in [-0.3, -0.25) is 0 Å². The normalized spacial score (nSPS) is 11.3. The Morgan fingerprint density at radius 2 is 2.00 bits per heavy atom. The maximum Gasteiger partial charge on any atom is 0.0327 e. The SMILES string of the molecule is CC(=N)C(C)=CN(C)N. The van der Waals surface area contributed by atoms with Crippen LogP contribution in [0, 0.1) is 5.41 Å². The lowest BCUT2D eigenvalue weighted by atomic mass is 10.2. The minimum absolute atomic E-state index is 0.548. The summed E-state index contributed by atoms with van der Waals surface area (Å²) in [6.07, 6.45) is 1.71. The number of hydrazine groups is 1. The van der Waals surface area contributed by atoms with Gasteiger partial charge in [-0.25, -0.2) is 5.84 Å². The van der Waals surface area contributed by atoms with Crippen LogP contribution in [0.5, 0.6) is 0 Å².